The van der Waals surface area contributed by atoms with Crippen LogP contribution in [-0.2, 0) is 17.4 Å². The molecular formula is C12H10F4O2. The Balaban J connectivity index is 2.24. The number of halogens is 4. The maximum atomic E-state index is 13.5. The Kier molecular flexibility index (Phi) is 2.83. The van der Waals surface area contributed by atoms with Crippen LogP contribution in [0.2, 0.25) is 0 Å². The van der Waals surface area contributed by atoms with E-state index in [2.05, 4.69) is 0 Å². The first-order valence-corrected chi connectivity index (χ1v) is 5.34. The molecule has 18 heavy (non-hydrogen) atoms. The van der Waals surface area contributed by atoms with Crippen LogP contribution in [0, 0.1) is 11.2 Å². The number of rotatable bonds is 3. The van der Waals surface area contributed by atoms with E-state index in [9.17, 15) is 22.4 Å². The number of hydrogen-bond donors (Lipinski definition) is 1. The molecule has 1 aliphatic carbocycles. The molecule has 0 spiro atoms. The highest BCUT2D eigenvalue weighted by Gasteiger charge is 2.50. The maximum absolute atomic E-state index is 13.5. The second-order valence-corrected chi connectivity index (χ2v) is 4.57. The van der Waals surface area contributed by atoms with E-state index in [0.717, 1.165) is 12.1 Å². The normalized spacial score (nSPS) is 17.6. The molecule has 0 aliphatic heterocycles. The van der Waals surface area contributed by atoms with Gasteiger partial charge in [-0.05, 0) is 37.0 Å². The lowest BCUT2D eigenvalue weighted by Crippen LogP contribution is -2.18. The molecule has 0 aromatic heterocycles. The van der Waals surface area contributed by atoms with Crippen LogP contribution in [0.15, 0.2) is 18.2 Å². The molecule has 1 N–H and O–H groups in total. The van der Waals surface area contributed by atoms with Crippen molar-refractivity contribution in [2.45, 2.75) is 25.4 Å². The summed E-state index contributed by atoms with van der Waals surface area (Å²) in [6.07, 6.45) is -3.79. The Labute approximate surface area is 100 Å². The topological polar surface area (TPSA) is 37.3 Å². The predicted molar refractivity (Wildman–Crippen MR) is 54.4 cm³/mol. The lowest BCUT2D eigenvalue weighted by atomic mass is 9.95. The van der Waals surface area contributed by atoms with E-state index in [0.29, 0.717) is 18.9 Å². The molecule has 0 atom stereocenters. The Morgan fingerprint density at radius 1 is 1.33 bits per heavy atom. The zero-order valence-electron chi connectivity index (χ0n) is 9.22. The van der Waals surface area contributed by atoms with Gasteiger partial charge in [-0.15, -0.1) is 0 Å². The number of benzene rings is 1. The van der Waals surface area contributed by atoms with Crippen LogP contribution in [0.4, 0.5) is 17.6 Å². The molecule has 1 fully saturated rings. The van der Waals surface area contributed by atoms with Crippen LogP contribution >= 0.6 is 0 Å². The standard InChI is InChI=1S/C12H10F4O2/c13-9-5-8(12(14,15)16)2-1-7(9)6-11(3-4-11)10(17)18/h1-2,5H,3-4,6H2,(H,17,18). The van der Waals surface area contributed by atoms with Gasteiger partial charge >= 0.3 is 12.1 Å². The first-order valence-electron chi connectivity index (χ1n) is 5.34. The highest BCUT2D eigenvalue weighted by Crippen LogP contribution is 2.49. The molecule has 1 aliphatic rings. The lowest BCUT2D eigenvalue weighted by Gasteiger charge is -2.12. The summed E-state index contributed by atoms with van der Waals surface area (Å²) in [5.74, 6) is -2.03. The van der Waals surface area contributed by atoms with E-state index in [1.807, 2.05) is 0 Å². The van der Waals surface area contributed by atoms with Crippen molar-refractivity contribution in [1.82, 2.24) is 0 Å². The van der Waals surface area contributed by atoms with Crippen molar-refractivity contribution in [2.24, 2.45) is 5.41 Å². The van der Waals surface area contributed by atoms with E-state index in [1.165, 1.54) is 0 Å². The molecule has 0 bridgehead atoms. The van der Waals surface area contributed by atoms with Gasteiger partial charge in [0.05, 0.1) is 11.0 Å². The van der Waals surface area contributed by atoms with E-state index < -0.39 is 28.9 Å². The molecule has 2 nitrogen and oxygen atoms in total. The maximum Gasteiger partial charge on any atom is 0.416 e. The third-order valence-corrected chi connectivity index (χ3v) is 3.22. The molecule has 0 heterocycles. The quantitative estimate of drug-likeness (QED) is 0.849. The summed E-state index contributed by atoms with van der Waals surface area (Å²) in [6.45, 7) is 0. The Morgan fingerprint density at radius 3 is 2.33 bits per heavy atom. The molecule has 0 unspecified atom stereocenters. The second kappa shape index (κ2) is 3.96. The van der Waals surface area contributed by atoms with Crippen molar-refractivity contribution >= 4 is 5.97 Å². The predicted octanol–water partition coefficient (Wildman–Crippen LogP) is 3.25. The van der Waals surface area contributed by atoms with Crippen molar-refractivity contribution in [1.29, 1.82) is 0 Å². The summed E-state index contributed by atoms with van der Waals surface area (Å²) < 4.78 is 50.5. The Bertz CT molecular complexity index is 489. The van der Waals surface area contributed by atoms with Crippen molar-refractivity contribution in [3.63, 3.8) is 0 Å². The van der Waals surface area contributed by atoms with Crippen LogP contribution in [0.25, 0.3) is 0 Å². The first-order chi connectivity index (χ1) is 8.24. The smallest absolute Gasteiger partial charge is 0.416 e. The zero-order valence-corrected chi connectivity index (χ0v) is 9.22. The molecule has 98 valence electrons. The zero-order chi connectivity index (χ0) is 13.6. The molecule has 1 saturated carbocycles. The molecule has 0 saturated heterocycles. The molecule has 1 aromatic carbocycles. The van der Waals surface area contributed by atoms with Crippen LogP contribution in [0.3, 0.4) is 0 Å². The largest absolute Gasteiger partial charge is 0.481 e. The van der Waals surface area contributed by atoms with Gasteiger partial charge in [0.1, 0.15) is 5.82 Å². The first kappa shape index (κ1) is 12.9. The van der Waals surface area contributed by atoms with E-state index in [-0.39, 0.29) is 12.0 Å². The summed E-state index contributed by atoms with van der Waals surface area (Å²) in [7, 11) is 0. The average molecular weight is 262 g/mol. The number of aliphatic carboxylic acids is 1. The van der Waals surface area contributed by atoms with Gasteiger partial charge in [0.25, 0.3) is 0 Å². The Morgan fingerprint density at radius 2 is 1.94 bits per heavy atom. The number of carbonyl (C=O) groups is 1. The highest BCUT2D eigenvalue weighted by atomic mass is 19.4. The van der Waals surface area contributed by atoms with Crippen LogP contribution in [0.5, 0.6) is 0 Å². The Hall–Kier alpha value is -1.59. The van der Waals surface area contributed by atoms with Gasteiger partial charge in [-0.25, -0.2) is 4.39 Å². The minimum atomic E-state index is -4.59. The fraction of sp³-hybridized carbons (Fsp3) is 0.417. The van der Waals surface area contributed by atoms with Crippen molar-refractivity contribution < 1.29 is 27.5 Å². The molecule has 0 radical (unpaired) electrons. The van der Waals surface area contributed by atoms with Crippen LogP contribution in [-0.4, -0.2) is 11.1 Å². The van der Waals surface area contributed by atoms with Crippen molar-refractivity contribution in [3.8, 4) is 0 Å². The van der Waals surface area contributed by atoms with Gasteiger partial charge in [-0.1, -0.05) is 6.07 Å². The van der Waals surface area contributed by atoms with E-state index >= 15 is 0 Å². The highest BCUT2D eigenvalue weighted by molar-refractivity contribution is 5.78. The average Bonchev–Trinajstić information content (AvgIpc) is 3.00. The van der Waals surface area contributed by atoms with E-state index in [4.69, 9.17) is 5.11 Å². The number of hydrogen-bond acceptors (Lipinski definition) is 1. The minimum Gasteiger partial charge on any atom is -0.481 e. The summed E-state index contributed by atoms with van der Waals surface area (Å²) in [6, 6.07) is 2.20. The third kappa shape index (κ3) is 2.32. The molecule has 1 aromatic rings. The molecular weight excluding hydrogens is 252 g/mol. The SMILES string of the molecule is O=C(O)C1(Cc2ccc(C(F)(F)F)cc2F)CC1. The van der Waals surface area contributed by atoms with Crippen molar-refractivity contribution in [2.75, 3.05) is 0 Å². The number of alkyl halides is 3. The van der Waals surface area contributed by atoms with Gasteiger partial charge in [-0.3, -0.25) is 4.79 Å². The summed E-state index contributed by atoms with van der Waals surface area (Å²) in [4.78, 5) is 10.9. The molecule has 6 heteroatoms. The third-order valence-electron chi connectivity index (χ3n) is 3.22. The summed E-state index contributed by atoms with van der Waals surface area (Å²) >= 11 is 0. The lowest BCUT2D eigenvalue weighted by molar-refractivity contribution is -0.143. The van der Waals surface area contributed by atoms with Crippen LogP contribution in [0.1, 0.15) is 24.0 Å². The van der Waals surface area contributed by atoms with Gasteiger partial charge in [0.2, 0.25) is 0 Å². The van der Waals surface area contributed by atoms with Crippen LogP contribution < -0.4 is 0 Å². The fourth-order valence-electron chi connectivity index (χ4n) is 1.85. The van der Waals surface area contributed by atoms with Crippen molar-refractivity contribution in [3.05, 3.63) is 35.1 Å². The monoisotopic (exact) mass is 262 g/mol. The summed E-state index contributed by atoms with van der Waals surface area (Å²) in [5, 5.41) is 8.94. The fourth-order valence-corrected chi connectivity index (χ4v) is 1.85. The molecule has 2 rings (SSSR count). The summed E-state index contributed by atoms with van der Waals surface area (Å²) in [5.41, 5.74) is -2.03. The van der Waals surface area contributed by atoms with Gasteiger partial charge < -0.3 is 5.11 Å². The number of carboxylic acid groups (broad SMARTS) is 1. The molecule has 0 amide bonds. The van der Waals surface area contributed by atoms with E-state index in [1.54, 1.807) is 0 Å². The van der Waals surface area contributed by atoms with Gasteiger partial charge in [0.15, 0.2) is 0 Å². The minimum absolute atomic E-state index is 0.0166. The second-order valence-electron chi connectivity index (χ2n) is 4.57. The van der Waals surface area contributed by atoms with Gasteiger partial charge in [-0.2, -0.15) is 13.2 Å². The number of carboxylic acids is 1. The van der Waals surface area contributed by atoms with Gasteiger partial charge in [0, 0.05) is 0 Å².